The smallest absolute Gasteiger partial charge is 0.228 e. The number of carbonyl (C=O) groups is 1. The zero-order valence-corrected chi connectivity index (χ0v) is 14.2. The van der Waals surface area contributed by atoms with Crippen molar-refractivity contribution in [2.75, 3.05) is 10.6 Å². The van der Waals surface area contributed by atoms with Gasteiger partial charge in [-0.15, -0.1) is 11.3 Å². The Morgan fingerprint density at radius 3 is 2.74 bits per heavy atom. The van der Waals surface area contributed by atoms with Gasteiger partial charge in [0.25, 0.3) is 0 Å². The van der Waals surface area contributed by atoms with Crippen LogP contribution in [-0.2, 0) is 4.79 Å². The fraction of sp³-hybridized carbons (Fsp3) is 0.214. The average Bonchev–Trinajstić information content (AvgIpc) is 3.14. The number of carbonyl (C=O) groups excluding carboxylic acids is 1. The fourth-order valence-electron chi connectivity index (χ4n) is 1.79. The summed E-state index contributed by atoms with van der Waals surface area (Å²) >= 11 is 2.88. The van der Waals surface area contributed by atoms with Gasteiger partial charge < -0.3 is 10.6 Å². The largest absolute Gasteiger partial charge is 0.302 e. The van der Waals surface area contributed by atoms with E-state index in [2.05, 4.69) is 30.6 Å². The number of nitrogens with zero attached hydrogens (tertiary/aromatic N) is 4. The van der Waals surface area contributed by atoms with Crippen LogP contribution in [0.5, 0.6) is 0 Å². The molecule has 2 N–H and O–H groups in total. The first-order valence-corrected chi connectivity index (χ1v) is 8.62. The maximum atomic E-state index is 11.5. The van der Waals surface area contributed by atoms with Crippen LogP contribution in [0.1, 0.15) is 19.0 Å². The molecule has 0 aliphatic heterocycles. The van der Waals surface area contributed by atoms with Crippen molar-refractivity contribution in [1.82, 2.24) is 19.9 Å². The maximum Gasteiger partial charge on any atom is 0.228 e. The minimum absolute atomic E-state index is 0.0489. The minimum atomic E-state index is -0.0489. The minimum Gasteiger partial charge on any atom is -0.302 e. The van der Waals surface area contributed by atoms with Crippen LogP contribution >= 0.6 is 22.7 Å². The fourth-order valence-corrected chi connectivity index (χ4v) is 3.50. The Hall–Kier alpha value is -2.39. The van der Waals surface area contributed by atoms with Crippen molar-refractivity contribution in [3.8, 4) is 10.6 Å². The zero-order chi connectivity index (χ0) is 16.2. The first kappa shape index (κ1) is 15.5. The Morgan fingerprint density at radius 2 is 2.00 bits per heavy atom. The van der Waals surface area contributed by atoms with E-state index < -0.39 is 0 Å². The standard InChI is InChI=1S/C14H14N6OS2/c1-3-10(21)19-14-17-8(2)11(23-14)9-7-22-13(18-9)20-12-15-5-4-6-16-12/h4-7H,3H2,1-2H3,(H,17,19,21)(H,15,16,18,20). The number of aromatic nitrogens is 4. The van der Waals surface area contributed by atoms with E-state index >= 15 is 0 Å². The van der Waals surface area contributed by atoms with E-state index in [1.165, 1.54) is 22.7 Å². The lowest BCUT2D eigenvalue weighted by atomic mass is 10.3. The summed E-state index contributed by atoms with van der Waals surface area (Å²) in [5.74, 6) is 0.456. The lowest BCUT2D eigenvalue weighted by Gasteiger charge is -1.98. The first-order chi connectivity index (χ1) is 11.2. The van der Waals surface area contributed by atoms with Crippen molar-refractivity contribution in [2.45, 2.75) is 20.3 Å². The lowest BCUT2D eigenvalue weighted by molar-refractivity contribution is -0.115. The van der Waals surface area contributed by atoms with Crippen molar-refractivity contribution >= 4 is 44.8 Å². The third kappa shape index (κ3) is 3.69. The molecule has 7 nitrogen and oxygen atoms in total. The number of hydrogen-bond acceptors (Lipinski definition) is 8. The third-order valence-electron chi connectivity index (χ3n) is 2.89. The summed E-state index contributed by atoms with van der Waals surface area (Å²) in [5.41, 5.74) is 1.66. The highest BCUT2D eigenvalue weighted by Gasteiger charge is 2.14. The highest BCUT2D eigenvalue weighted by atomic mass is 32.1. The molecule has 3 aromatic rings. The van der Waals surface area contributed by atoms with E-state index in [0.717, 1.165) is 16.3 Å². The molecule has 1 amide bonds. The Bertz CT molecular complexity index is 814. The van der Waals surface area contributed by atoms with E-state index in [-0.39, 0.29) is 5.91 Å². The van der Waals surface area contributed by atoms with Crippen LogP contribution in [0.2, 0.25) is 0 Å². The van der Waals surface area contributed by atoms with Gasteiger partial charge in [-0.3, -0.25) is 4.79 Å². The number of aryl methyl sites for hydroxylation is 1. The van der Waals surface area contributed by atoms with Crippen LogP contribution < -0.4 is 10.6 Å². The molecule has 0 saturated carbocycles. The van der Waals surface area contributed by atoms with Crippen molar-refractivity contribution in [3.05, 3.63) is 29.5 Å². The molecule has 23 heavy (non-hydrogen) atoms. The number of anilines is 3. The average molecular weight is 346 g/mol. The molecular formula is C14H14N6OS2. The van der Waals surface area contributed by atoms with Crippen molar-refractivity contribution in [2.24, 2.45) is 0 Å². The Kier molecular flexibility index (Phi) is 4.58. The molecule has 0 saturated heterocycles. The van der Waals surface area contributed by atoms with Crippen molar-refractivity contribution < 1.29 is 4.79 Å². The normalized spacial score (nSPS) is 10.5. The molecule has 0 aromatic carbocycles. The number of amides is 1. The summed E-state index contributed by atoms with van der Waals surface area (Å²) in [6.45, 7) is 3.71. The second-order valence-electron chi connectivity index (χ2n) is 4.57. The highest BCUT2D eigenvalue weighted by molar-refractivity contribution is 7.20. The summed E-state index contributed by atoms with van der Waals surface area (Å²) in [6.07, 6.45) is 3.76. The van der Waals surface area contributed by atoms with E-state index in [1.807, 2.05) is 12.3 Å². The maximum absolute atomic E-state index is 11.5. The van der Waals surface area contributed by atoms with Crippen LogP contribution in [0.15, 0.2) is 23.8 Å². The van der Waals surface area contributed by atoms with Gasteiger partial charge in [-0.1, -0.05) is 18.3 Å². The molecule has 3 aromatic heterocycles. The van der Waals surface area contributed by atoms with E-state index in [0.29, 0.717) is 22.6 Å². The van der Waals surface area contributed by atoms with Gasteiger partial charge in [-0.05, 0) is 13.0 Å². The molecule has 0 fully saturated rings. The van der Waals surface area contributed by atoms with Crippen LogP contribution in [0.3, 0.4) is 0 Å². The quantitative estimate of drug-likeness (QED) is 0.735. The number of rotatable bonds is 5. The molecule has 3 rings (SSSR count). The molecule has 0 spiro atoms. The number of nitrogens with one attached hydrogen (secondary N) is 2. The summed E-state index contributed by atoms with van der Waals surface area (Å²) in [4.78, 5) is 29.5. The van der Waals surface area contributed by atoms with Gasteiger partial charge in [0.2, 0.25) is 11.9 Å². The molecule has 0 bridgehead atoms. The third-order valence-corrected chi connectivity index (χ3v) is 4.74. The molecule has 0 radical (unpaired) electrons. The topological polar surface area (TPSA) is 92.7 Å². The summed E-state index contributed by atoms with van der Waals surface area (Å²) in [6, 6.07) is 1.76. The molecule has 118 valence electrons. The van der Waals surface area contributed by atoms with Gasteiger partial charge in [-0.2, -0.15) is 0 Å². The van der Waals surface area contributed by atoms with Crippen LogP contribution in [0.4, 0.5) is 16.2 Å². The molecule has 0 aliphatic carbocycles. The predicted molar refractivity (Wildman–Crippen MR) is 92.2 cm³/mol. The molecule has 0 atom stereocenters. The van der Waals surface area contributed by atoms with Crippen molar-refractivity contribution in [1.29, 1.82) is 0 Å². The lowest BCUT2D eigenvalue weighted by Crippen LogP contribution is -2.08. The molecule has 0 aliphatic rings. The second kappa shape index (κ2) is 6.80. The molecule has 0 unspecified atom stereocenters. The molecular weight excluding hydrogens is 332 g/mol. The Morgan fingerprint density at radius 1 is 1.22 bits per heavy atom. The number of thiazole rings is 2. The van der Waals surface area contributed by atoms with E-state index in [1.54, 1.807) is 25.4 Å². The summed E-state index contributed by atoms with van der Waals surface area (Å²) < 4.78 is 0. The Labute approximate surface area is 140 Å². The van der Waals surface area contributed by atoms with Gasteiger partial charge in [0.05, 0.1) is 16.3 Å². The molecule has 3 heterocycles. The van der Waals surface area contributed by atoms with Crippen LogP contribution in [0.25, 0.3) is 10.6 Å². The Balaban J connectivity index is 1.79. The van der Waals surface area contributed by atoms with Gasteiger partial charge in [0, 0.05) is 24.2 Å². The summed E-state index contributed by atoms with van der Waals surface area (Å²) in [7, 11) is 0. The monoisotopic (exact) mass is 346 g/mol. The van der Waals surface area contributed by atoms with Crippen molar-refractivity contribution in [3.63, 3.8) is 0 Å². The van der Waals surface area contributed by atoms with E-state index in [9.17, 15) is 4.79 Å². The van der Waals surface area contributed by atoms with Gasteiger partial charge in [0.1, 0.15) is 0 Å². The predicted octanol–water partition coefficient (Wildman–Crippen LogP) is 3.46. The zero-order valence-electron chi connectivity index (χ0n) is 12.5. The van der Waals surface area contributed by atoms with Gasteiger partial charge in [-0.25, -0.2) is 19.9 Å². The van der Waals surface area contributed by atoms with Gasteiger partial charge in [0.15, 0.2) is 10.3 Å². The first-order valence-electron chi connectivity index (χ1n) is 6.93. The van der Waals surface area contributed by atoms with Gasteiger partial charge >= 0.3 is 0 Å². The number of hydrogen-bond donors (Lipinski definition) is 2. The SMILES string of the molecule is CCC(=O)Nc1nc(C)c(-c2csc(Nc3ncccn3)n2)s1. The van der Waals surface area contributed by atoms with Crippen LogP contribution in [-0.4, -0.2) is 25.8 Å². The van der Waals surface area contributed by atoms with Crippen LogP contribution in [0, 0.1) is 6.92 Å². The highest BCUT2D eigenvalue weighted by Crippen LogP contribution is 2.34. The summed E-state index contributed by atoms with van der Waals surface area (Å²) in [5, 5.41) is 9.08. The molecule has 9 heteroatoms. The van der Waals surface area contributed by atoms with E-state index in [4.69, 9.17) is 0 Å². The second-order valence-corrected chi connectivity index (χ2v) is 6.43.